The van der Waals surface area contributed by atoms with E-state index in [2.05, 4.69) is 26.6 Å². The second-order valence-electron chi connectivity index (χ2n) is 6.02. The maximum absolute atomic E-state index is 12.5. The molecule has 1 aromatic carbocycles. The first-order valence-electron chi connectivity index (χ1n) is 8.02. The minimum Gasteiger partial charge on any atom is -0.444 e. The average molecular weight is 391 g/mol. The van der Waals surface area contributed by atoms with Gasteiger partial charge in [0.25, 0.3) is 11.8 Å². The summed E-state index contributed by atoms with van der Waals surface area (Å²) in [4.78, 5) is 24.9. The van der Waals surface area contributed by atoms with Gasteiger partial charge in [-0.25, -0.2) is 0 Å². The second kappa shape index (κ2) is 7.21. The molecule has 2 N–H and O–H groups in total. The molecule has 0 spiro atoms. The molecule has 0 bridgehead atoms. The van der Waals surface area contributed by atoms with Gasteiger partial charge in [-0.3, -0.25) is 9.59 Å². The Morgan fingerprint density at radius 2 is 1.88 bits per heavy atom. The van der Waals surface area contributed by atoms with Crippen LogP contribution in [0.5, 0.6) is 0 Å². The maximum Gasteiger partial charge on any atom is 0.291 e. The summed E-state index contributed by atoms with van der Waals surface area (Å²) in [6, 6.07) is 8.96. The molecule has 0 unspecified atom stereocenters. The van der Waals surface area contributed by atoms with Crippen LogP contribution in [0, 0.1) is 6.92 Å². The number of anilines is 1. The number of para-hydroxylation sites is 1. The Balaban J connectivity index is 1.77. The van der Waals surface area contributed by atoms with Gasteiger partial charge in [-0.2, -0.15) is 0 Å². The molecular formula is C18H19BrN2O3. The van der Waals surface area contributed by atoms with Crippen LogP contribution < -0.4 is 10.6 Å². The van der Waals surface area contributed by atoms with Crippen LogP contribution in [0.15, 0.2) is 39.4 Å². The Morgan fingerprint density at radius 3 is 2.54 bits per heavy atom. The van der Waals surface area contributed by atoms with E-state index in [4.69, 9.17) is 4.42 Å². The van der Waals surface area contributed by atoms with Gasteiger partial charge in [0.1, 0.15) is 0 Å². The third kappa shape index (κ3) is 3.70. The molecule has 0 aliphatic heterocycles. The number of nitrogens with one attached hydrogen (secondary N) is 2. The Morgan fingerprint density at radius 1 is 1.17 bits per heavy atom. The van der Waals surface area contributed by atoms with Crippen LogP contribution in [-0.2, 0) is 0 Å². The minimum absolute atomic E-state index is 0.157. The van der Waals surface area contributed by atoms with E-state index in [0.29, 0.717) is 15.9 Å². The Labute approximate surface area is 148 Å². The SMILES string of the molecule is Cc1cc(Br)oc1C(=O)Nc1ccccc1C(=O)NC1CCCC1. The van der Waals surface area contributed by atoms with Gasteiger partial charge in [0.15, 0.2) is 10.4 Å². The molecule has 3 rings (SSSR count). The summed E-state index contributed by atoms with van der Waals surface area (Å²) in [5, 5.41) is 5.82. The third-order valence-corrected chi connectivity index (χ3v) is 4.60. The monoisotopic (exact) mass is 390 g/mol. The first-order chi connectivity index (χ1) is 11.5. The van der Waals surface area contributed by atoms with Gasteiger partial charge >= 0.3 is 0 Å². The van der Waals surface area contributed by atoms with E-state index in [9.17, 15) is 9.59 Å². The molecule has 1 aliphatic rings. The summed E-state index contributed by atoms with van der Waals surface area (Å²) >= 11 is 3.21. The molecule has 0 saturated heterocycles. The highest BCUT2D eigenvalue weighted by atomic mass is 79.9. The first kappa shape index (κ1) is 16.8. The zero-order valence-electron chi connectivity index (χ0n) is 13.4. The molecule has 1 fully saturated rings. The lowest BCUT2D eigenvalue weighted by molar-refractivity contribution is 0.0939. The van der Waals surface area contributed by atoms with Crippen molar-refractivity contribution in [2.75, 3.05) is 5.32 Å². The topological polar surface area (TPSA) is 71.3 Å². The highest BCUT2D eigenvalue weighted by Crippen LogP contribution is 2.23. The molecule has 1 saturated carbocycles. The molecule has 6 heteroatoms. The van der Waals surface area contributed by atoms with E-state index in [1.165, 1.54) is 0 Å². The summed E-state index contributed by atoms with van der Waals surface area (Å²) < 4.78 is 5.86. The number of hydrogen-bond donors (Lipinski definition) is 2. The van der Waals surface area contributed by atoms with Crippen LogP contribution in [0.4, 0.5) is 5.69 Å². The number of rotatable bonds is 4. The van der Waals surface area contributed by atoms with Crippen molar-refractivity contribution in [1.82, 2.24) is 5.32 Å². The number of aryl methyl sites for hydroxylation is 1. The molecule has 126 valence electrons. The van der Waals surface area contributed by atoms with E-state index in [1.807, 2.05) is 0 Å². The lowest BCUT2D eigenvalue weighted by Gasteiger charge is -2.14. The number of carbonyl (C=O) groups is 2. The highest BCUT2D eigenvalue weighted by Gasteiger charge is 2.21. The molecule has 24 heavy (non-hydrogen) atoms. The summed E-state index contributed by atoms with van der Waals surface area (Å²) in [5.41, 5.74) is 1.67. The fourth-order valence-electron chi connectivity index (χ4n) is 2.97. The van der Waals surface area contributed by atoms with E-state index in [0.717, 1.165) is 31.2 Å². The van der Waals surface area contributed by atoms with Crippen molar-refractivity contribution in [2.45, 2.75) is 38.6 Å². The van der Waals surface area contributed by atoms with E-state index < -0.39 is 0 Å². The third-order valence-electron chi connectivity index (χ3n) is 4.20. The number of benzene rings is 1. The smallest absolute Gasteiger partial charge is 0.291 e. The molecule has 0 radical (unpaired) electrons. The number of carbonyl (C=O) groups excluding carboxylic acids is 2. The largest absolute Gasteiger partial charge is 0.444 e. The van der Waals surface area contributed by atoms with Gasteiger partial charge in [0.05, 0.1) is 11.3 Å². The quantitative estimate of drug-likeness (QED) is 0.818. The van der Waals surface area contributed by atoms with Gasteiger partial charge in [0.2, 0.25) is 0 Å². The zero-order valence-corrected chi connectivity index (χ0v) is 15.0. The number of hydrogen-bond acceptors (Lipinski definition) is 3. The standard InChI is InChI=1S/C18H19BrN2O3/c1-11-10-15(19)24-16(11)18(23)21-14-9-5-4-8-13(14)17(22)20-12-6-2-3-7-12/h4-5,8-10,12H,2-3,6-7H2,1H3,(H,20,22)(H,21,23). The highest BCUT2D eigenvalue weighted by molar-refractivity contribution is 9.10. The molecule has 0 atom stereocenters. The number of amides is 2. The second-order valence-corrected chi connectivity index (χ2v) is 6.80. The lowest BCUT2D eigenvalue weighted by atomic mass is 10.1. The van der Waals surface area contributed by atoms with Gasteiger partial charge < -0.3 is 15.1 Å². The first-order valence-corrected chi connectivity index (χ1v) is 8.81. The van der Waals surface area contributed by atoms with Crippen molar-refractivity contribution in [3.63, 3.8) is 0 Å². The fraction of sp³-hybridized carbons (Fsp3) is 0.333. The average Bonchev–Trinajstić information content (AvgIpc) is 3.17. The van der Waals surface area contributed by atoms with Crippen molar-refractivity contribution in [2.24, 2.45) is 0 Å². The minimum atomic E-state index is -0.376. The van der Waals surface area contributed by atoms with Crippen molar-refractivity contribution < 1.29 is 14.0 Å². The predicted octanol–water partition coefficient (Wildman–Crippen LogP) is 4.28. The Kier molecular flexibility index (Phi) is 5.04. The lowest BCUT2D eigenvalue weighted by Crippen LogP contribution is -2.33. The van der Waals surface area contributed by atoms with Gasteiger partial charge in [-0.15, -0.1) is 0 Å². The van der Waals surface area contributed by atoms with Gasteiger partial charge in [-0.05, 0) is 53.9 Å². The molecule has 2 amide bonds. The molecule has 1 aromatic heterocycles. The zero-order chi connectivity index (χ0) is 17.1. The van der Waals surface area contributed by atoms with E-state index in [-0.39, 0.29) is 23.6 Å². The van der Waals surface area contributed by atoms with Crippen molar-refractivity contribution in [1.29, 1.82) is 0 Å². The number of halogens is 1. The van der Waals surface area contributed by atoms with Gasteiger partial charge in [-0.1, -0.05) is 25.0 Å². The summed E-state index contributed by atoms with van der Waals surface area (Å²) in [5.74, 6) is -0.303. The molecule has 1 heterocycles. The van der Waals surface area contributed by atoms with Crippen molar-refractivity contribution >= 4 is 33.4 Å². The summed E-state index contributed by atoms with van der Waals surface area (Å²) in [7, 11) is 0. The summed E-state index contributed by atoms with van der Waals surface area (Å²) in [6.07, 6.45) is 4.33. The molecule has 2 aromatic rings. The van der Waals surface area contributed by atoms with Crippen LogP contribution in [0.25, 0.3) is 0 Å². The van der Waals surface area contributed by atoms with Crippen molar-refractivity contribution in [3.05, 3.63) is 51.9 Å². The molecule has 5 nitrogen and oxygen atoms in total. The van der Waals surface area contributed by atoms with Crippen LogP contribution in [-0.4, -0.2) is 17.9 Å². The molecule has 1 aliphatic carbocycles. The van der Waals surface area contributed by atoms with Crippen LogP contribution in [0.1, 0.15) is 52.2 Å². The normalized spacial score (nSPS) is 14.6. The van der Waals surface area contributed by atoms with E-state index >= 15 is 0 Å². The van der Waals surface area contributed by atoms with Crippen LogP contribution in [0.3, 0.4) is 0 Å². The van der Waals surface area contributed by atoms with Crippen molar-refractivity contribution in [3.8, 4) is 0 Å². The summed E-state index contributed by atoms with van der Waals surface area (Å²) in [6.45, 7) is 1.79. The Hall–Kier alpha value is -2.08. The van der Waals surface area contributed by atoms with E-state index in [1.54, 1.807) is 37.3 Å². The van der Waals surface area contributed by atoms with Crippen LogP contribution >= 0.6 is 15.9 Å². The predicted molar refractivity (Wildman–Crippen MR) is 95.3 cm³/mol. The molecular weight excluding hydrogens is 372 g/mol. The Bertz CT molecular complexity index is 763. The fourth-order valence-corrected chi connectivity index (χ4v) is 3.48. The van der Waals surface area contributed by atoms with Gasteiger partial charge in [0, 0.05) is 11.6 Å². The number of furan rings is 1. The van der Waals surface area contributed by atoms with Crippen LogP contribution in [0.2, 0.25) is 0 Å². The maximum atomic E-state index is 12.5.